The van der Waals surface area contributed by atoms with Crippen LogP contribution in [0, 0.1) is 5.92 Å². The molecule has 0 saturated heterocycles. The number of fused-ring (bicyclic) bond motifs is 1. The average molecular weight is 501 g/mol. The van der Waals surface area contributed by atoms with E-state index in [4.69, 9.17) is 9.47 Å². The molecule has 6 nitrogen and oxygen atoms in total. The lowest BCUT2D eigenvalue weighted by atomic mass is 10.00. The minimum atomic E-state index is -0.164. The molecule has 7 heteroatoms. The first-order valence-corrected chi connectivity index (χ1v) is 13.5. The highest BCUT2D eigenvalue weighted by atomic mass is 32.1. The number of carbonyl (C=O) groups is 2. The second-order valence-electron chi connectivity index (χ2n) is 9.95. The van der Waals surface area contributed by atoms with E-state index in [0.29, 0.717) is 45.1 Å². The summed E-state index contributed by atoms with van der Waals surface area (Å²) >= 11 is 1.74. The van der Waals surface area contributed by atoms with Crippen molar-refractivity contribution in [2.75, 3.05) is 40.0 Å². The molecular weight excluding hydrogens is 460 g/mol. The Morgan fingerprint density at radius 1 is 1.14 bits per heavy atom. The summed E-state index contributed by atoms with van der Waals surface area (Å²) < 4.78 is 11.4. The third-order valence-corrected chi connectivity index (χ3v) is 7.40. The summed E-state index contributed by atoms with van der Waals surface area (Å²) in [4.78, 5) is 31.4. The molecule has 0 aliphatic carbocycles. The van der Waals surface area contributed by atoms with E-state index >= 15 is 0 Å². The van der Waals surface area contributed by atoms with E-state index in [9.17, 15) is 9.59 Å². The molecule has 0 N–H and O–H groups in total. The van der Waals surface area contributed by atoms with Crippen molar-refractivity contribution in [2.45, 2.75) is 58.9 Å². The van der Waals surface area contributed by atoms with Gasteiger partial charge in [0.25, 0.3) is 0 Å². The van der Waals surface area contributed by atoms with E-state index in [0.717, 1.165) is 17.7 Å². The van der Waals surface area contributed by atoms with Crippen molar-refractivity contribution in [3.63, 3.8) is 0 Å². The molecule has 1 aromatic heterocycles. The molecule has 3 rings (SSSR count). The van der Waals surface area contributed by atoms with E-state index in [-0.39, 0.29) is 30.3 Å². The Morgan fingerprint density at radius 3 is 2.54 bits per heavy atom. The number of carbonyl (C=O) groups excluding carboxylic acids is 2. The second kappa shape index (κ2) is 13.1. The second-order valence-corrected chi connectivity index (χ2v) is 10.9. The molecule has 2 aromatic rings. The molecule has 0 fully saturated rings. The van der Waals surface area contributed by atoms with Crippen molar-refractivity contribution in [1.82, 2.24) is 9.80 Å². The van der Waals surface area contributed by atoms with Crippen molar-refractivity contribution >= 4 is 23.2 Å². The minimum Gasteiger partial charge on any atom is -0.491 e. The molecule has 1 unspecified atom stereocenters. The summed E-state index contributed by atoms with van der Waals surface area (Å²) in [5, 5.41) is 2.09. The van der Waals surface area contributed by atoms with Crippen molar-refractivity contribution < 1.29 is 19.1 Å². The van der Waals surface area contributed by atoms with Crippen LogP contribution in [0.1, 0.15) is 68.5 Å². The zero-order chi connectivity index (χ0) is 25.4. The van der Waals surface area contributed by atoms with Gasteiger partial charge in [0.05, 0.1) is 12.6 Å². The third-order valence-electron chi connectivity index (χ3n) is 6.41. The largest absolute Gasteiger partial charge is 0.491 e. The number of hydrogen-bond acceptors (Lipinski definition) is 5. The van der Waals surface area contributed by atoms with Crippen LogP contribution in [0.4, 0.5) is 0 Å². The van der Waals surface area contributed by atoms with Gasteiger partial charge in [-0.05, 0) is 59.4 Å². The van der Waals surface area contributed by atoms with Crippen LogP contribution in [-0.2, 0) is 20.7 Å². The summed E-state index contributed by atoms with van der Waals surface area (Å²) in [5.41, 5.74) is 2.43. The van der Waals surface area contributed by atoms with E-state index in [1.54, 1.807) is 23.3 Å². The summed E-state index contributed by atoms with van der Waals surface area (Å²) in [6.07, 6.45) is 1.98. The Morgan fingerprint density at radius 2 is 1.89 bits per heavy atom. The number of hydrogen-bond donors (Lipinski definition) is 0. The smallest absolute Gasteiger partial charge is 0.242 e. The number of methoxy groups -OCH3 is 1. The highest BCUT2D eigenvalue weighted by Crippen LogP contribution is 2.34. The number of benzene rings is 1. The Hall–Kier alpha value is -2.38. The lowest BCUT2D eigenvalue weighted by Crippen LogP contribution is -2.48. The molecule has 192 valence electrons. The minimum absolute atomic E-state index is 0.0238. The van der Waals surface area contributed by atoms with Crippen LogP contribution in [0.3, 0.4) is 0 Å². The molecule has 1 aliphatic heterocycles. The van der Waals surface area contributed by atoms with Crippen LogP contribution in [-0.4, -0.2) is 61.6 Å². The maximum absolute atomic E-state index is 13.6. The van der Waals surface area contributed by atoms with Gasteiger partial charge in [0.2, 0.25) is 11.8 Å². The summed E-state index contributed by atoms with van der Waals surface area (Å²) in [6, 6.07) is 10.1. The maximum Gasteiger partial charge on any atom is 0.242 e. The van der Waals surface area contributed by atoms with E-state index in [1.807, 2.05) is 30.9 Å². The van der Waals surface area contributed by atoms with Crippen molar-refractivity contribution in [1.29, 1.82) is 0 Å². The Kier molecular flexibility index (Phi) is 10.2. The third kappa shape index (κ3) is 7.55. The Balaban J connectivity index is 1.73. The van der Waals surface area contributed by atoms with Crippen LogP contribution >= 0.6 is 11.3 Å². The number of ether oxygens (including phenoxy) is 2. The van der Waals surface area contributed by atoms with Gasteiger partial charge in [-0.3, -0.25) is 9.59 Å². The summed E-state index contributed by atoms with van der Waals surface area (Å²) in [7, 11) is 1.65. The molecule has 2 heterocycles. The average Bonchev–Trinajstić information content (AvgIpc) is 3.31. The highest BCUT2D eigenvalue weighted by molar-refractivity contribution is 7.10. The fraction of sp³-hybridized carbons (Fsp3) is 0.571. The number of thiophene rings is 1. The molecule has 1 aromatic carbocycles. The van der Waals surface area contributed by atoms with Gasteiger partial charge in [-0.15, -0.1) is 11.3 Å². The van der Waals surface area contributed by atoms with Crippen molar-refractivity contribution in [3.8, 4) is 5.75 Å². The number of amides is 2. The van der Waals surface area contributed by atoms with Crippen LogP contribution < -0.4 is 4.74 Å². The van der Waals surface area contributed by atoms with Gasteiger partial charge in [0.1, 0.15) is 12.4 Å². The van der Waals surface area contributed by atoms with Crippen LogP contribution in [0.2, 0.25) is 0 Å². The first kappa shape index (κ1) is 27.2. The molecule has 1 atom stereocenters. The predicted molar refractivity (Wildman–Crippen MR) is 141 cm³/mol. The van der Waals surface area contributed by atoms with Crippen molar-refractivity contribution in [3.05, 3.63) is 51.7 Å². The maximum atomic E-state index is 13.6. The first-order valence-electron chi connectivity index (χ1n) is 12.6. The van der Waals surface area contributed by atoms with Gasteiger partial charge in [0, 0.05) is 38.1 Å². The molecule has 0 saturated carbocycles. The first-order chi connectivity index (χ1) is 16.8. The van der Waals surface area contributed by atoms with Gasteiger partial charge in [-0.25, -0.2) is 0 Å². The van der Waals surface area contributed by atoms with Crippen LogP contribution in [0.15, 0.2) is 35.7 Å². The van der Waals surface area contributed by atoms with Crippen LogP contribution in [0.25, 0.3) is 0 Å². The molecule has 35 heavy (non-hydrogen) atoms. The monoisotopic (exact) mass is 500 g/mol. The zero-order valence-corrected chi connectivity index (χ0v) is 22.6. The van der Waals surface area contributed by atoms with E-state index in [1.165, 1.54) is 10.4 Å². The predicted octanol–water partition coefficient (Wildman–Crippen LogP) is 5.29. The van der Waals surface area contributed by atoms with Crippen molar-refractivity contribution in [2.24, 2.45) is 5.92 Å². The molecule has 0 spiro atoms. The van der Waals surface area contributed by atoms with Gasteiger partial charge in [-0.2, -0.15) is 0 Å². The topological polar surface area (TPSA) is 59.1 Å². The van der Waals surface area contributed by atoms with Gasteiger partial charge in [-0.1, -0.05) is 39.8 Å². The fourth-order valence-corrected chi connectivity index (χ4v) is 5.35. The SMILES string of the molecule is COCCCN(CC(=O)N1CCc2sccc2C1COc1ccc(C(C)C)cc1)C(=O)CC(C)C. The lowest BCUT2D eigenvalue weighted by molar-refractivity contribution is -0.143. The Bertz CT molecular complexity index is 954. The van der Waals surface area contributed by atoms with E-state index in [2.05, 4.69) is 37.4 Å². The van der Waals surface area contributed by atoms with Gasteiger partial charge in [0.15, 0.2) is 0 Å². The zero-order valence-electron chi connectivity index (χ0n) is 21.8. The summed E-state index contributed by atoms with van der Waals surface area (Å²) in [6.45, 7) is 10.6. The molecule has 0 bridgehead atoms. The molecule has 1 aliphatic rings. The van der Waals surface area contributed by atoms with Gasteiger partial charge >= 0.3 is 0 Å². The standard InChI is InChI=1S/C28H40N2O4S/c1-20(2)17-27(31)29(13-6-15-33-5)18-28(32)30-14-11-26-24(12-16-35-26)25(30)19-34-23-9-7-22(8-10-23)21(3)4/h7-10,12,16,20-21,25H,6,11,13-15,17-19H2,1-5H3. The normalized spacial score (nSPS) is 15.4. The fourth-order valence-electron chi connectivity index (χ4n) is 4.42. The quantitative estimate of drug-likeness (QED) is 0.372. The van der Waals surface area contributed by atoms with E-state index < -0.39 is 0 Å². The number of rotatable bonds is 12. The number of nitrogens with zero attached hydrogens (tertiary/aromatic N) is 2. The summed E-state index contributed by atoms with van der Waals surface area (Å²) in [5.74, 6) is 1.51. The highest BCUT2D eigenvalue weighted by Gasteiger charge is 2.33. The van der Waals surface area contributed by atoms with Crippen LogP contribution in [0.5, 0.6) is 5.75 Å². The molecular formula is C28H40N2O4S. The molecule has 2 amide bonds. The lowest BCUT2D eigenvalue weighted by Gasteiger charge is -2.37. The van der Waals surface area contributed by atoms with Gasteiger partial charge < -0.3 is 19.3 Å². The Labute approximate surface area is 214 Å². The molecule has 0 radical (unpaired) electrons.